The number of aromatic nitrogens is 3. The predicted molar refractivity (Wildman–Crippen MR) is 105 cm³/mol. The van der Waals surface area contributed by atoms with E-state index in [-0.39, 0.29) is 5.82 Å². The summed E-state index contributed by atoms with van der Waals surface area (Å²) in [5.41, 5.74) is 2.90. The van der Waals surface area contributed by atoms with E-state index in [1.54, 1.807) is 12.1 Å². The summed E-state index contributed by atoms with van der Waals surface area (Å²) in [5.74, 6) is 1.20. The molecule has 6 nitrogen and oxygen atoms in total. The lowest BCUT2D eigenvalue weighted by Crippen LogP contribution is -2.07. The number of nitrogens with one attached hydrogen (secondary N) is 1. The van der Waals surface area contributed by atoms with Crippen molar-refractivity contribution in [3.63, 3.8) is 0 Å². The van der Waals surface area contributed by atoms with Crippen LogP contribution in [-0.2, 0) is 6.42 Å². The smallest absolute Gasteiger partial charge is 0.263 e. The number of anilines is 1. The zero-order valence-corrected chi connectivity index (χ0v) is 15.4. The van der Waals surface area contributed by atoms with Crippen molar-refractivity contribution in [3.05, 3.63) is 66.2 Å². The molecule has 28 heavy (non-hydrogen) atoms. The van der Waals surface area contributed by atoms with Crippen LogP contribution in [0.2, 0.25) is 0 Å². The Morgan fingerprint density at radius 2 is 1.82 bits per heavy atom. The maximum absolute atomic E-state index is 13.2. The van der Waals surface area contributed by atoms with Gasteiger partial charge in [-0.3, -0.25) is 0 Å². The fourth-order valence-electron chi connectivity index (χ4n) is 2.97. The highest BCUT2D eigenvalue weighted by Crippen LogP contribution is 2.31. The van der Waals surface area contributed by atoms with Crippen molar-refractivity contribution in [2.24, 2.45) is 0 Å². The minimum absolute atomic E-state index is 0.304. The highest BCUT2D eigenvalue weighted by molar-refractivity contribution is 5.97. The van der Waals surface area contributed by atoms with Gasteiger partial charge in [0.15, 0.2) is 0 Å². The molecule has 4 aromatic rings. The Balaban J connectivity index is 1.52. The van der Waals surface area contributed by atoms with E-state index >= 15 is 0 Å². The highest BCUT2D eigenvalue weighted by Gasteiger charge is 2.16. The Kier molecular flexibility index (Phi) is 5.14. The molecule has 0 fully saturated rings. The van der Waals surface area contributed by atoms with Gasteiger partial charge in [0.2, 0.25) is 0 Å². The monoisotopic (exact) mass is 378 g/mol. The SMILES string of the molecule is CCOc1ccc(CCNc2ncnc3onc(-c4ccc(F)cc4)c23)cc1. The molecule has 0 saturated carbocycles. The van der Waals surface area contributed by atoms with Crippen LogP contribution in [0.4, 0.5) is 10.2 Å². The Morgan fingerprint density at radius 1 is 1.04 bits per heavy atom. The average Bonchev–Trinajstić information content (AvgIpc) is 3.15. The van der Waals surface area contributed by atoms with E-state index in [4.69, 9.17) is 9.26 Å². The van der Waals surface area contributed by atoms with Crippen LogP contribution in [0.3, 0.4) is 0 Å². The van der Waals surface area contributed by atoms with Gasteiger partial charge >= 0.3 is 0 Å². The summed E-state index contributed by atoms with van der Waals surface area (Å²) in [6.45, 7) is 3.29. The molecule has 142 valence electrons. The van der Waals surface area contributed by atoms with Crippen LogP contribution >= 0.6 is 0 Å². The first-order valence-electron chi connectivity index (χ1n) is 9.06. The second-order valence-corrected chi connectivity index (χ2v) is 6.19. The third-order valence-electron chi connectivity index (χ3n) is 4.33. The number of nitrogens with zero attached hydrogens (tertiary/aromatic N) is 3. The van der Waals surface area contributed by atoms with Gasteiger partial charge in [-0.05, 0) is 55.3 Å². The lowest BCUT2D eigenvalue weighted by Gasteiger charge is -2.08. The van der Waals surface area contributed by atoms with Gasteiger partial charge in [0.1, 0.15) is 34.8 Å². The largest absolute Gasteiger partial charge is 0.494 e. The van der Waals surface area contributed by atoms with Gasteiger partial charge in [0.05, 0.1) is 6.61 Å². The summed E-state index contributed by atoms with van der Waals surface area (Å²) in [4.78, 5) is 8.47. The van der Waals surface area contributed by atoms with E-state index in [0.29, 0.717) is 35.8 Å². The van der Waals surface area contributed by atoms with Crippen molar-refractivity contribution in [1.82, 2.24) is 15.1 Å². The molecule has 0 saturated heterocycles. The lowest BCUT2D eigenvalue weighted by molar-refractivity contribution is 0.340. The molecule has 0 aliphatic heterocycles. The normalized spacial score (nSPS) is 10.9. The Morgan fingerprint density at radius 3 is 2.57 bits per heavy atom. The van der Waals surface area contributed by atoms with Gasteiger partial charge in [-0.15, -0.1) is 0 Å². The van der Waals surface area contributed by atoms with E-state index in [1.165, 1.54) is 24.0 Å². The molecule has 4 rings (SSSR count). The summed E-state index contributed by atoms with van der Waals surface area (Å²) < 4.78 is 24.0. The Bertz CT molecular complexity index is 1060. The molecule has 2 aromatic carbocycles. The van der Waals surface area contributed by atoms with E-state index in [1.807, 2.05) is 31.2 Å². The molecular weight excluding hydrogens is 359 g/mol. The maximum atomic E-state index is 13.2. The van der Waals surface area contributed by atoms with E-state index in [9.17, 15) is 4.39 Å². The number of rotatable bonds is 7. The summed E-state index contributed by atoms with van der Waals surface area (Å²) in [5, 5.41) is 8.10. The van der Waals surface area contributed by atoms with E-state index < -0.39 is 0 Å². The number of ether oxygens (including phenoxy) is 1. The molecule has 0 amide bonds. The van der Waals surface area contributed by atoms with Crippen LogP contribution in [0.1, 0.15) is 12.5 Å². The van der Waals surface area contributed by atoms with Gasteiger partial charge in [-0.1, -0.05) is 17.3 Å². The number of benzene rings is 2. The van der Waals surface area contributed by atoms with Crippen LogP contribution in [0.15, 0.2) is 59.4 Å². The van der Waals surface area contributed by atoms with Crippen molar-refractivity contribution in [1.29, 1.82) is 0 Å². The Labute approximate surface area is 161 Å². The molecule has 0 bridgehead atoms. The molecule has 0 radical (unpaired) electrons. The van der Waals surface area contributed by atoms with Crippen LogP contribution in [0.25, 0.3) is 22.4 Å². The summed E-state index contributed by atoms with van der Waals surface area (Å²) in [7, 11) is 0. The van der Waals surface area contributed by atoms with Gasteiger partial charge in [0, 0.05) is 12.1 Å². The molecule has 2 aromatic heterocycles. The minimum Gasteiger partial charge on any atom is -0.494 e. The molecule has 0 unspecified atom stereocenters. The molecule has 7 heteroatoms. The van der Waals surface area contributed by atoms with Crippen molar-refractivity contribution in [2.75, 3.05) is 18.5 Å². The number of fused-ring (bicyclic) bond motifs is 1. The first-order valence-corrected chi connectivity index (χ1v) is 9.06. The highest BCUT2D eigenvalue weighted by atomic mass is 19.1. The fraction of sp³-hybridized carbons (Fsp3) is 0.190. The first-order chi connectivity index (χ1) is 13.7. The van der Waals surface area contributed by atoms with Crippen molar-refractivity contribution in [2.45, 2.75) is 13.3 Å². The standard InChI is InChI=1S/C21H19FN4O2/c1-2-27-17-9-3-14(4-10-17)11-12-23-20-18-19(15-5-7-16(22)8-6-15)26-28-21(18)25-13-24-20/h3-10,13H,2,11-12H2,1H3,(H,23,24,25). The third kappa shape index (κ3) is 3.78. The second kappa shape index (κ2) is 8.04. The lowest BCUT2D eigenvalue weighted by atomic mass is 10.1. The topological polar surface area (TPSA) is 73.1 Å². The quantitative estimate of drug-likeness (QED) is 0.511. The van der Waals surface area contributed by atoms with Crippen molar-refractivity contribution < 1.29 is 13.7 Å². The van der Waals surface area contributed by atoms with E-state index in [0.717, 1.165) is 17.7 Å². The number of hydrogen-bond donors (Lipinski definition) is 1. The zero-order valence-electron chi connectivity index (χ0n) is 15.4. The Hall–Kier alpha value is -3.48. The maximum Gasteiger partial charge on any atom is 0.263 e. The van der Waals surface area contributed by atoms with E-state index in [2.05, 4.69) is 20.4 Å². The molecular formula is C21H19FN4O2. The van der Waals surface area contributed by atoms with Crippen LogP contribution < -0.4 is 10.1 Å². The molecule has 2 heterocycles. The fourth-order valence-corrected chi connectivity index (χ4v) is 2.97. The van der Waals surface area contributed by atoms with Crippen LogP contribution in [0.5, 0.6) is 5.75 Å². The number of hydrogen-bond acceptors (Lipinski definition) is 6. The van der Waals surface area contributed by atoms with Crippen molar-refractivity contribution >= 4 is 16.9 Å². The first kappa shape index (κ1) is 17.9. The van der Waals surface area contributed by atoms with Crippen molar-refractivity contribution in [3.8, 4) is 17.0 Å². The summed E-state index contributed by atoms with van der Waals surface area (Å²) in [6.07, 6.45) is 2.25. The van der Waals surface area contributed by atoms with Gasteiger partial charge in [-0.25, -0.2) is 9.37 Å². The zero-order chi connectivity index (χ0) is 19.3. The second-order valence-electron chi connectivity index (χ2n) is 6.19. The van der Waals surface area contributed by atoms with Gasteiger partial charge < -0.3 is 14.6 Å². The van der Waals surface area contributed by atoms with Gasteiger partial charge in [0.25, 0.3) is 5.71 Å². The van der Waals surface area contributed by atoms with Gasteiger partial charge in [-0.2, -0.15) is 4.98 Å². The molecule has 1 N–H and O–H groups in total. The number of halogens is 1. The third-order valence-corrected chi connectivity index (χ3v) is 4.33. The van der Waals surface area contributed by atoms with Crippen LogP contribution in [0, 0.1) is 5.82 Å². The summed E-state index contributed by atoms with van der Waals surface area (Å²) in [6, 6.07) is 14.1. The molecule has 0 aliphatic rings. The molecule has 0 spiro atoms. The van der Waals surface area contributed by atoms with Crippen LogP contribution in [-0.4, -0.2) is 28.3 Å². The predicted octanol–water partition coefficient (Wildman–Crippen LogP) is 4.48. The minimum atomic E-state index is -0.304. The average molecular weight is 378 g/mol. The molecule has 0 atom stereocenters. The summed E-state index contributed by atoms with van der Waals surface area (Å²) >= 11 is 0. The molecule has 0 aliphatic carbocycles.